The molecule has 4 N–H and O–H groups in total. The van der Waals surface area contributed by atoms with Crippen molar-refractivity contribution < 1.29 is 30.0 Å². The molecular formula is C11H11ClO6. The fourth-order valence-corrected chi connectivity index (χ4v) is 1.69. The Morgan fingerprint density at radius 3 is 2.28 bits per heavy atom. The maximum Gasteiger partial charge on any atom is 0.335 e. The minimum absolute atomic E-state index is 0.0492. The first-order valence-corrected chi connectivity index (χ1v) is 5.31. The number of aromatic carboxylic acids is 1. The lowest BCUT2D eigenvalue weighted by Crippen LogP contribution is -2.22. The first-order chi connectivity index (χ1) is 8.32. The molecule has 1 aromatic carbocycles. The van der Waals surface area contributed by atoms with Gasteiger partial charge in [0.1, 0.15) is 6.10 Å². The van der Waals surface area contributed by atoms with Gasteiger partial charge in [-0.15, -0.1) is 0 Å². The van der Waals surface area contributed by atoms with Gasteiger partial charge in [-0.05, 0) is 12.1 Å². The Morgan fingerprint density at radius 1 is 1.22 bits per heavy atom. The number of benzene rings is 1. The molecule has 98 valence electrons. The molecule has 2 unspecified atom stereocenters. The second-order valence-electron chi connectivity index (χ2n) is 3.65. The van der Waals surface area contributed by atoms with E-state index in [2.05, 4.69) is 0 Å². The molecule has 0 aliphatic rings. The van der Waals surface area contributed by atoms with Crippen LogP contribution in [0.3, 0.4) is 0 Å². The summed E-state index contributed by atoms with van der Waals surface area (Å²) in [7, 11) is 0. The number of carbonyl (C=O) groups is 2. The van der Waals surface area contributed by atoms with Crippen molar-refractivity contribution in [2.75, 3.05) is 0 Å². The number of carboxylic acid groups (broad SMARTS) is 2. The summed E-state index contributed by atoms with van der Waals surface area (Å²) in [6.07, 6.45) is -3.65. The first-order valence-electron chi connectivity index (χ1n) is 4.93. The molecule has 1 aromatic rings. The summed E-state index contributed by atoms with van der Waals surface area (Å²) in [4.78, 5) is 21.1. The summed E-state index contributed by atoms with van der Waals surface area (Å²) in [5.41, 5.74) is 0.0130. The average Bonchev–Trinajstić information content (AvgIpc) is 2.26. The van der Waals surface area contributed by atoms with Crippen LogP contribution in [0.15, 0.2) is 18.2 Å². The van der Waals surface area contributed by atoms with Crippen molar-refractivity contribution in [1.82, 2.24) is 0 Å². The smallest absolute Gasteiger partial charge is 0.335 e. The number of halogens is 1. The third kappa shape index (κ3) is 3.43. The molecule has 18 heavy (non-hydrogen) atoms. The third-order valence-corrected chi connectivity index (χ3v) is 2.64. The average molecular weight is 275 g/mol. The highest BCUT2D eigenvalue weighted by molar-refractivity contribution is 6.31. The summed E-state index contributed by atoms with van der Waals surface area (Å²) in [6, 6.07) is 3.57. The molecule has 6 nitrogen and oxygen atoms in total. The highest BCUT2D eigenvalue weighted by atomic mass is 35.5. The van der Waals surface area contributed by atoms with E-state index >= 15 is 0 Å². The number of aliphatic hydroxyl groups is 2. The summed E-state index contributed by atoms with van der Waals surface area (Å²) in [5, 5.41) is 36.3. The zero-order valence-electron chi connectivity index (χ0n) is 9.08. The first kappa shape index (κ1) is 14.4. The van der Waals surface area contributed by atoms with Crippen molar-refractivity contribution in [3.8, 4) is 0 Å². The number of hydrogen-bond acceptors (Lipinski definition) is 4. The van der Waals surface area contributed by atoms with Gasteiger partial charge in [0, 0.05) is 10.6 Å². The molecule has 0 fully saturated rings. The summed E-state index contributed by atoms with van der Waals surface area (Å²) in [6.45, 7) is 0. The Hall–Kier alpha value is -1.63. The lowest BCUT2D eigenvalue weighted by atomic mass is 10.0. The van der Waals surface area contributed by atoms with Crippen LogP contribution in [-0.4, -0.2) is 38.5 Å². The predicted octanol–water partition coefficient (Wildman–Crippen LogP) is 0.907. The Labute approximate surface area is 107 Å². The zero-order valence-corrected chi connectivity index (χ0v) is 9.83. The van der Waals surface area contributed by atoms with Crippen LogP contribution in [0.1, 0.15) is 28.4 Å². The predicted molar refractivity (Wildman–Crippen MR) is 61.6 cm³/mol. The largest absolute Gasteiger partial charge is 0.481 e. The van der Waals surface area contributed by atoms with Crippen LogP contribution >= 0.6 is 11.6 Å². The maximum atomic E-state index is 10.7. The van der Waals surface area contributed by atoms with Gasteiger partial charge in [0.2, 0.25) is 0 Å². The molecular weight excluding hydrogens is 264 g/mol. The SMILES string of the molecule is O=C(O)CC(O)C(O)c1ccc(C(=O)O)cc1Cl. The second-order valence-corrected chi connectivity index (χ2v) is 4.06. The van der Waals surface area contributed by atoms with Crippen LogP contribution in [-0.2, 0) is 4.79 Å². The van der Waals surface area contributed by atoms with E-state index in [1.165, 1.54) is 12.1 Å². The lowest BCUT2D eigenvalue weighted by molar-refractivity contribution is -0.141. The fraction of sp³-hybridized carbons (Fsp3) is 0.273. The minimum atomic E-state index is -1.52. The fourth-order valence-electron chi connectivity index (χ4n) is 1.40. The summed E-state index contributed by atoms with van der Waals surface area (Å²) in [5.74, 6) is -2.44. The number of rotatable bonds is 5. The van der Waals surface area contributed by atoms with Crippen LogP contribution < -0.4 is 0 Å². The van der Waals surface area contributed by atoms with Crippen molar-refractivity contribution in [2.45, 2.75) is 18.6 Å². The molecule has 0 saturated carbocycles. The minimum Gasteiger partial charge on any atom is -0.481 e. The molecule has 1 rings (SSSR count). The van der Waals surface area contributed by atoms with Gasteiger partial charge in [-0.25, -0.2) is 4.79 Å². The van der Waals surface area contributed by atoms with Gasteiger partial charge in [0.25, 0.3) is 0 Å². The Morgan fingerprint density at radius 2 is 1.83 bits per heavy atom. The van der Waals surface area contributed by atoms with Crippen molar-refractivity contribution in [3.05, 3.63) is 34.3 Å². The molecule has 0 radical (unpaired) electrons. The van der Waals surface area contributed by atoms with Gasteiger partial charge in [0.05, 0.1) is 18.1 Å². The highest BCUT2D eigenvalue weighted by Gasteiger charge is 2.23. The number of aliphatic carboxylic acids is 1. The Kier molecular flexibility index (Phi) is 4.66. The third-order valence-electron chi connectivity index (χ3n) is 2.31. The van der Waals surface area contributed by atoms with Gasteiger partial charge in [0.15, 0.2) is 0 Å². The molecule has 0 heterocycles. The van der Waals surface area contributed by atoms with Crippen LogP contribution in [0, 0.1) is 0 Å². The normalized spacial score (nSPS) is 13.9. The molecule has 2 atom stereocenters. The molecule has 0 spiro atoms. The van der Waals surface area contributed by atoms with Gasteiger partial charge in [-0.2, -0.15) is 0 Å². The van der Waals surface area contributed by atoms with Crippen LogP contribution in [0.4, 0.5) is 0 Å². The van der Waals surface area contributed by atoms with Gasteiger partial charge < -0.3 is 20.4 Å². The van der Waals surface area contributed by atoms with Crippen LogP contribution in [0.25, 0.3) is 0 Å². The molecule has 0 aliphatic carbocycles. The van der Waals surface area contributed by atoms with E-state index in [0.717, 1.165) is 6.07 Å². The van der Waals surface area contributed by atoms with E-state index in [0.29, 0.717) is 0 Å². The maximum absolute atomic E-state index is 10.7. The molecule has 0 aliphatic heterocycles. The second kappa shape index (κ2) is 5.81. The van der Waals surface area contributed by atoms with E-state index in [-0.39, 0.29) is 16.1 Å². The highest BCUT2D eigenvalue weighted by Crippen LogP contribution is 2.27. The monoisotopic (exact) mass is 274 g/mol. The number of carboxylic acids is 2. The van der Waals surface area contributed by atoms with Gasteiger partial charge in [-0.1, -0.05) is 17.7 Å². The molecule has 0 saturated heterocycles. The lowest BCUT2D eigenvalue weighted by Gasteiger charge is -2.17. The van der Waals surface area contributed by atoms with Crippen LogP contribution in [0.2, 0.25) is 5.02 Å². The molecule has 0 bridgehead atoms. The Balaban J connectivity index is 2.96. The van der Waals surface area contributed by atoms with Crippen LogP contribution in [0.5, 0.6) is 0 Å². The quantitative estimate of drug-likeness (QED) is 0.634. The van der Waals surface area contributed by atoms with Crippen molar-refractivity contribution in [2.24, 2.45) is 0 Å². The zero-order chi connectivity index (χ0) is 13.9. The van der Waals surface area contributed by atoms with Gasteiger partial charge >= 0.3 is 11.9 Å². The van der Waals surface area contributed by atoms with E-state index < -0.39 is 30.6 Å². The summed E-state index contributed by atoms with van der Waals surface area (Å²) < 4.78 is 0. The van der Waals surface area contributed by atoms with E-state index in [9.17, 15) is 19.8 Å². The topological polar surface area (TPSA) is 115 Å². The van der Waals surface area contributed by atoms with E-state index in [4.69, 9.17) is 21.8 Å². The van der Waals surface area contributed by atoms with Crippen molar-refractivity contribution >= 4 is 23.5 Å². The molecule has 7 heteroatoms. The molecule has 0 amide bonds. The van der Waals surface area contributed by atoms with Crippen molar-refractivity contribution in [1.29, 1.82) is 0 Å². The standard InChI is InChI=1S/C11H11ClO6/c12-7-3-5(11(17)18)1-2-6(7)10(16)8(13)4-9(14)15/h1-3,8,10,13,16H,4H2,(H,14,15)(H,17,18). The number of aliphatic hydroxyl groups excluding tert-OH is 2. The van der Waals surface area contributed by atoms with E-state index in [1.807, 2.05) is 0 Å². The van der Waals surface area contributed by atoms with E-state index in [1.54, 1.807) is 0 Å². The number of hydrogen-bond donors (Lipinski definition) is 4. The van der Waals surface area contributed by atoms with Crippen molar-refractivity contribution in [3.63, 3.8) is 0 Å². The Bertz CT molecular complexity index is 473. The summed E-state index contributed by atoms with van der Waals surface area (Å²) >= 11 is 5.77. The van der Waals surface area contributed by atoms with Gasteiger partial charge in [-0.3, -0.25) is 4.79 Å². The molecule has 0 aromatic heterocycles.